The first kappa shape index (κ1) is 8.68. The lowest BCUT2D eigenvalue weighted by atomic mass is 10.0. The molecule has 1 aliphatic heterocycles. The summed E-state index contributed by atoms with van der Waals surface area (Å²) in [6.45, 7) is 0.524. The monoisotopic (exact) mass is 218 g/mol. The molecular formula is C11H7ClN2O. The topological polar surface area (TPSA) is 35.0 Å². The minimum absolute atomic E-state index is 0.495. The van der Waals surface area contributed by atoms with Crippen LogP contribution in [0.3, 0.4) is 0 Å². The van der Waals surface area contributed by atoms with E-state index in [2.05, 4.69) is 9.97 Å². The lowest BCUT2D eigenvalue weighted by molar-refractivity contribution is 0.301. The highest BCUT2D eigenvalue weighted by molar-refractivity contribution is 6.29. The molecule has 0 aromatic carbocycles. The van der Waals surface area contributed by atoms with Gasteiger partial charge in [-0.05, 0) is 12.1 Å². The molecule has 4 heteroatoms. The fourth-order valence-corrected chi connectivity index (χ4v) is 1.88. The average Bonchev–Trinajstić information content (AvgIpc) is 2.28. The second-order valence-corrected chi connectivity index (χ2v) is 3.71. The highest BCUT2D eigenvalue weighted by Gasteiger charge is 2.17. The van der Waals surface area contributed by atoms with Crippen LogP contribution in [0.2, 0.25) is 5.15 Å². The Labute approximate surface area is 91.7 Å². The number of hydrogen-bond acceptors (Lipinski definition) is 3. The van der Waals surface area contributed by atoms with Crippen molar-refractivity contribution in [3.63, 3.8) is 0 Å². The number of fused-ring (bicyclic) bond motifs is 3. The van der Waals surface area contributed by atoms with Gasteiger partial charge in [0.25, 0.3) is 0 Å². The van der Waals surface area contributed by atoms with E-state index in [0.29, 0.717) is 11.8 Å². The number of halogens is 1. The van der Waals surface area contributed by atoms with Gasteiger partial charge in [0.15, 0.2) is 0 Å². The molecule has 0 N–H and O–H groups in total. The summed E-state index contributed by atoms with van der Waals surface area (Å²) in [5.74, 6) is 0.800. The molecule has 0 radical (unpaired) electrons. The third kappa shape index (κ3) is 1.36. The highest BCUT2D eigenvalue weighted by atomic mass is 35.5. The van der Waals surface area contributed by atoms with Crippen molar-refractivity contribution in [2.75, 3.05) is 0 Å². The smallest absolute Gasteiger partial charge is 0.145 e. The number of pyridine rings is 2. The molecule has 0 bridgehead atoms. The molecule has 3 nitrogen and oxygen atoms in total. The molecule has 0 amide bonds. The van der Waals surface area contributed by atoms with Crippen LogP contribution >= 0.6 is 11.6 Å². The molecular weight excluding hydrogens is 212 g/mol. The van der Waals surface area contributed by atoms with E-state index in [-0.39, 0.29) is 0 Å². The van der Waals surface area contributed by atoms with E-state index in [1.807, 2.05) is 12.1 Å². The maximum atomic E-state index is 5.82. The molecule has 0 unspecified atom stereocenters. The summed E-state index contributed by atoms with van der Waals surface area (Å²) >= 11 is 5.82. The number of hydrogen-bond donors (Lipinski definition) is 0. The van der Waals surface area contributed by atoms with Gasteiger partial charge < -0.3 is 4.74 Å². The van der Waals surface area contributed by atoms with Crippen LogP contribution in [0, 0.1) is 0 Å². The van der Waals surface area contributed by atoms with Gasteiger partial charge in [0.1, 0.15) is 17.5 Å². The summed E-state index contributed by atoms with van der Waals surface area (Å²) in [7, 11) is 0. The van der Waals surface area contributed by atoms with Crippen LogP contribution in [0.15, 0.2) is 30.7 Å². The predicted molar refractivity (Wildman–Crippen MR) is 56.8 cm³/mol. The minimum Gasteiger partial charge on any atom is -0.487 e. The van der Waals surface area contributed by atoms with Crippen molar-refractivity contribution >= 4 is 11.6 Å². The summed E-state index contributed by atoms with van der Waals surface area (Å²) in [5.41, 5.74) is 3.16. The van der Waals surface area contributed by atoms with Crippen LogP contribution in [0.4, 0.5) is 0 Å². The average molecular weight is 219 g/mol. The zero-order chi connectivity index (χ0) is 10.3. The van der Waals surface area contributed by atoms with Crippen LogP contribution in [-0.2, 0) is 6.61 Å². The summed E-state index contributed by atoms with van der Waals surface area (Å²) in [6.07, 6.45) is 5.23. The van der Waals surface area contributed by atoms with E-state index in [0.717, 1.165) is 22.4 Å². The van der Waals surface area contributed by atoms with E-state index in [1.54, 1.807) is 18.6 Å². The molecule has 2 aromatic heterocycles. The summed E-state index contributed by atoms with van der Waals surface area (Å²) in [4.78, 5) is 8.10. The largest absolute Gasteiger partial charge is 0.487 e. The quantitative estimate of drug-likeness (QED) is 0.638. The molecule has 0 atom stereocenters. The molecule has 0 aliphatic carbocycles. The van der Waals surface area contributed by atoms with Gasteiger partial charge in [-0.2, -0.15) is 0 Å². The Morgan fingerprint density at radius 1 is 1.27 bits per heavy atom. The van der Waals surface area contributed by atoms with Crippen LogP contribution in [0.5, 0.6) is 5.75 Å². The number of ether oxygens (including phenoxy) is 1. The maximum absolute atomic E-state index is 5.82. The Morgan fingerprint density at radius 2 is 2.20 bits per heavy atom. The lowest BCUT2D eigenvalue weighted by Gasteiger charge is -2.19. The fraction of sp³-hybridized carbons (Fsp3) is 0.0909. The van der Waals surface area contributed by atoms with Crippen molar-refractivity contribution in [3.8, 4) is 16.9 Å². The van der Waals surface area contributed by atoms with E-state index in [1.165, 1.54) is 0 Å². The zero-order valence-corrected chi connectivity index (χ0v) is 8.53. The van der Waals surface area contributed by atoms with Gasteiger partial charge >= 0.3 is 0 Å². The van der Waals surface area contributed by atoms with Gasteiger partial charge in [-0.1, -0.05) is 11.6 Å². The van der Waals surface area contributed by atoms with Crippen LogP contribution in [0.1, 0.15) is 5.56 Å². The Balaban J connectivity index is 2.26. The second kappa shape index (κ2) is 3.21. The molecule has 74 valence electrons. The molecule has 0 fully saturated rings. The highest BCUT2D eigenvalue weighted by Crippen LogP contribution is 2.36. The minimum atomic E-state index is 0.495. The summed E-state index contributed by atoms with van der Waals surface area (Å²) < 4.78 is 5.56. The fourth-order valence-electron chi connectivity index (χ4n) is 1.70. The predicted octanol–water partition coefficient (Wildman–Crippen LogP) is 2.69. The molecule has 1 aliphatic rings. The molecule has 0 spiro atoms. The van der Waals surface area contributed by atoms with Crippen LogP contribution in [-0.4, -0.2) is 9.97 Å². The first-order chi connectivity index (χ1) is 7.34. The van der Waals surface area contributed by atoms with E-state index in [4.69, 9.17) is 16.3 Å². The van der Waals surface area contributed by atoms with Crippen molar-refractivity contribution in [1.82, 2.24) is 9.97 Å². The van der Waals surface area contributed by atoms with E-state index < -0.39 is 0 Å². The van der Waals surface area contributed by atoms with E-state index in [9.17, 15) is 0 Å². The lowest BCUT2D eigenvalue weighted by Crippen LogP contribution is -2.06. The van der Waals surface area contributed by atoms with Gasteiger partial charge in [0, 0.05) is 29.1 Å². The Hall–Kier alpha value is -1.61. The normalized spacial score (nSPS) is 12.6. The maximum Gasteiger partial charge on any atom is 0.145 e. The van der Waals surface area contributed by atoms with Gasteiger partial charge in [-0.25, -0.2) is 4.98 Å². The molecule has 3 rings (SSSR count). The van der Waals surface area contributed by atoms with Gasteiger partial charge in [0.2, 0.25) is 0 Å². The third-order valence-electron chi connectivity index (χ3n) is 2.41. The first-order valence-electron chi connectivity index (χ1n) is 4.56. The van der Waals surface area contributed by atoms with Crippen LogP contribution in [0.25, 0.3) is 11.1 Å². The Bertz CT molecular complexity index is 528. The number of nitrogens with zero attached hydrogens (tertiary/aromatic N) is 2. The van der Waals surface area contributed by atoms with Crippen molar-refractivity contribution in [2.45, 2.75) is 6.61 Å². The number of rotatable bonds is 0. The zero-order valence-electron chi connectivity index (χ0n) is 7.77. The first-order valence-corrected chi connectivity index (χ1v) is 4.94. The summed E-state index contributed by atoms with van der Waals surface area (Å²) in [6, 6.07) is 3.75. The van der Waals surface area contributed by atoms with Crippen molar-refractivity contribution < 1.29 is 4.74 Å². The molecule has 15 heavy (non-hydrogen) atoms. The van der Waals surface area contributed by atoms with Crippen molar-refractivity contribution in [3.05, 3.63) is 41.4 Å². The molecule has 2 aromatic rings. The molecule has 0 saturated carbocycles. The van der Waals surface area contributed by atoms with Crippen molar-refractivity contribution in [2.24, 2.45) is 0 Å². The summed E-state index contributed by atoms with van der Waals surface area (Å²) in [5, 5.41) is 0.495. The number of aromatic nitrogens is 2. The SMILES string of the molecule is Clc1cc2c(cn1)-c1ccncc1OC2. The van der Waals surface area contributed by atoms with Crippen molar-refractivity contribution in [1.29, 1.82) is 0 Å². The Morgan fingerprint density at radius 3 is 3.13 bits per heavy atom. The standard InChI is InChI=1S/C11H7ClN2O/c12-11-3-7-6-15-10-5-13-2-1-8(10)9(7)4-14-11/h1-5H,6H2. The molecule has 3 heterocycles. The van der Waals surface area contributed by atoms with E-state index >= 15 is 0 Å². The van der Waals surface area contributed by atoms with Gasteiger partial charge in [0.05, 0.1) is 6.20 Å². The Kier molecular flexibility index (Phi) is 1.86. The van der Waals surface area contributed by atoms with Gasteiger partial charge in [-0.3, -0.25) is 4.98 Å². The van der Waals surface area contributed by atoms with Crippen LogP contribution < -0.4 is 4.74 Å². The van der Waals surface area contributed by atoms with Gasteiger partial charge in [-0.15, -0.1) is 0 Å². The third-order valence-corrected chi connectivity index (χ3v) is 2.62. The molecule has 0 saturated heterocycles. The second-order valence-electron chi connectivity index (χ2n) is 3.32.